The van der Waals surface area contributed by atoms with Gasteiger partial charge >= 0.3 is 0 Å². The fourth-order valence-corrected chi connectivity index (χ4v) is 1.50. The number of rotatable bonds is 4. The van der Waals surface area contributed by atoms with E-state index in [9.17, 15) is 4.79 Å². The molecule has 0 saturated carbocycles. The normalized spacial score (nSPS) is 10.6. The molecule has 0 aliphatic heterocycles. The number of nitrogens with one attached hydrogen (secondary N) is 1. The highest BCUT2D eigenvalue weighted by molar-refractivity contribution is 5.75. The predicted molar refractivity (Wildman–Crippen MR) is 62.3 cm³/mol. The zero-order valence-electron chi connectivity index (χ0n) is 10.2. The first-order valence-corrected chi connectivity index (χ1v) is 5.39. The van der Waals surface area contributed by atoms with E-state index in [1.807, 2.05) is 6.92 Å². The zero-order chi connectivity index (χ0) is 13.1. The lowest BCUT2D eigenvalue weighted by atomic mass is 10.3. The number of anilines is 1. The molecule has 0 radical (unpaired) electrons. The molecule has 0 atom stereocenters. The first kappa shape index (κ1) is 12.1. The average molecular weight is 250 g/mol. The van der Waals surface area contributed by atoms with Crippen molar-refractivity contribution in [3.05, 3.63) is 23.6 Å². The summed E-state index contributed by atoms with van der Waals surface area (Å²) in [6.07, 6.45) is 1.21. The molecule has 1 amide bonds. The van der Waals surface area contributed by atoms with E-state index >= 15 is 0 Å². The molecule has 18 heavy (non-hydrogen) atoms. The standard InChI is InChI=1S/C10H14N6O2/c1-6-10(11)7(2)16(14-6)4-9(17)12-3-8-13-5-18-15-8/h5H,3-4,11H2,1-2H3,(H,12,17). The van der Waals surface area contributed by atoms with Crippen molar-refractivity contribution < 1.29 is 9.32 Å². The summed E-state index contributed by atoms with van der Waals surface area (Å²) in [4.78, 5) is 15.5. The van der Waals surface area contributed by atoms with Crippen molar-refractivity contribution in [3.63, 3.8) is 0 Å². The molecule has 0 aliphatic rings. The van der Waals surface area contributed by atoms with Gasteiger partial charge in [-0.05, 0) is 13.8 Å². The molecule has 2 rings (SSSR count). The summed E-state index contributed by atoms with van der Waals surface area (Å²) in [5.74, 6) is 0.238. The van der Waals surface area contributed by atoms with Gasteiger partial charge < -0.3 is 15.6 Å². The van der Waals surface area contributed by atoms with Gasteiger partial charge in [0.1, 0.15) is 6.54 Å². The van der Waals surface area contributed by atoms with Crippen LogP contribution in [-0.2, 0) is 17.9 Å². The van der Waals surface area contributed by atoms with Crippen molar-refractivity contribution >= 4 is 11.6 Å². The molecule has 2 aromatic heterocycles. The summed E-state index contributed by atoms with van der Waals surface area (Å²) in [5, 5.41) is 10.4. The summed E-state index contributed by atoms with van der Waals surface area (Å²) in [6, 6.07) is 0. The minimum Gasteiger partial charge on any atom is -0.396 e. The second-order valence-electron chi connectivity index (χ2n) is 3.87. The molecule has 2 aromatic rings. The van der Waals surface area contributed by atoms with Gasteiger partial charge in [-0.15, -0.1) is 0 Å². The Morgan fingerprint density at radius 1 is 1.56 bits per heavy atom. The molecule has 0 saturated heterocycles. The van der Waals surface area contributed by atoms with E-state index < -0.39 is 0 Å². The smallest absolute Gasteiger partial charge is 0.242 e. The van der Waals surface area contributed by atoms with Crippen molar-refractivity contribution in [1.82, 2.24) is 25.2 Å². The number of hydrogen-bond acceptors (Lipinski definition) is 6. The molecule has 8 heteroatoms. The number of nitrogens with two attached hydrogens (primary N) is 1. The van der Waals surface area contributed by atoms with E-state index in [0.717, 1.165) is 11.4 Å². The van der Waals surface area contributed by atoms with Crippen molar-refractivity contribution in [2.75, 3.05) is 5.73 Å². The summed E-state index contributed by atoms with van der Waals surface area (Å²) in [7, 11) is 0. The van der Waals surface area contributed by atoms with Gasteiger partial charge in [0, 0.05) is 0 Å². The second-order valence-corrected chi connectivity index (χ2v) is 3.87. The van der Waals surface area contributed by atoms with Crippen molar-refractivity contribution in [2.45, 2.75) is 26.9 Å². The first-order chi connectivity index (χ1) is 8.58. The number of carbonyl (C=O) groups is 1. The Morgan fingerprint density at radius 2 is 2.33 bits per heavy atom. The molecule has 96 valence electrons. The van der Waals surface area contributed by atoms with Gasteiger partial charge in [0.25, 0.3) is 0 Å². The molecule has 0 unspecified atom stereocenters. The van der Waals surface area contributed by atoms with Gasteiger partial charge in [-0.1, -0.05) is 5.16 Å². The highest BCUT2D eigenvalue weighted by Gasteiger charge is 2.11. The maximum atomic E-state index is 11.7. The molecule has 0 aliphatic carbocycles. The number of hydrogen-bond donors (Lipinski definition) is 2. The van der Waals surface area contributed by atoms with Gasteiger partial charge in [-0.3, -0.25) is 9.48 Å². The fourth-order valence-electron chi connectivity index (χ4n) is 1.50. The number of aromatic nitrogens is 4. The van der Waals surface area contributed by atoms with Crippen LogP contribution < -0.4 is 11.1 Å². The number of amides is 1. The Hall–Kier alpha value is -2.38. The Balaban J connectivity index is 1.93. The molecule has 2 heterocycles. The Kier molecular flexibility index (Phi) is 3.26. The summed E-state index contributed by atoms with van der Waals surface area (Å²) < 4.78 is 6.12. The number of aryl methyl sites for hydroxylation is 1. The predicted octanol–water partition coefficient (Wildman–Crippen LogP) is -0.218. The third kappa shape index (κ3) is 2.47. The molecule has 0 bridgehead atoms. The van der Waals surface area contributed by atoms with Crippen LogP contribution in [0.3, 0.4) is 0 Å². The fraction of sp³-hybridized carbons (Fsp3) is 0.400. The first-order valence-electron chi connectivity index (χ1n) is 5.39. The summed E-state index contributed by atoms with van der Waals surface area (Å²) >= 11 is 0. The van der Waals surface area contributed by atoms with Crippen LogP contribution in [-0.4, -0.2) is 25.8 Å². The largest absolute Gasteiger partial charge is 0.396 e. The highest BCUT2D eigenvalue weighted by Crippen LogP contribution is 2.14. The van der Waals surface area contributed by atoms with Crippen molar-refractivity contribution in [3.8, 4) is 0 Å². The number of nitrogen functional groups attached to an aromatic ring is 1. The molecule has 0 spiro atoms. The molecule has 3 N–H and O–H groups in total. The summed E-state index contributed by atoms with van der Waals surface area (Å²) in [5.41, 5.74) is 7.89. The van der Waals surface area contributed by atoms with Crippen LogP contribution in [0.25, 0.3) is 0 Å². The topological polar surface area (TPSA) is 112 Å². The van der Waals surface area contributed by atoms with E-state index in [1.165, 1.54) is 6.39 Å². The molecular formula is C10H14N6O2. The van der Waals surface area contributed by atoms with Crippen molar-refractivity contribution in [2.24, 2.45) is 0 Å². The quantitative estimate of drug-likeness (QED) is 0.776. The number of carbonyl (C=O) groups excluding carboxylic acids is 1. The van der Waals surface area contributed by atoms with Crippen LogP contribution in [0.4, 0.5) is 5.69 Å². The van der Waals surface area contributed by atoms with Crippen LogP contribution in [0, 0.1) is 13.8 Å². The highest BCUT2D eigenvalue weighted by atomic mass is 16.5. The Bertz CT molecular complexity index is 545. The van der Waals surface area contributed by atoms with Gasteiger partial charge in [-0.2, -0.15) is 10.1 Å². The lowest BCUT2D eigenvalue weighted by Crippen LogP contribution is -2.28. The van der Waals surface area contributed by atoms with Crippen LogP contribution in [0.1, 0.15) is 17.2 Å². The van der Waals surface area contributed by atoms with Crippen LogP contribution in [0.15, 0.2) is 10.9 Å². The monoisotopic (exact) mass is 250 g/mol. The van der Waals surface area contributed by atoms with E-state index in [-0.39, 0.29) is 19.0 Å². The lowest BCUT2D eigenvalue weighted by Gasteiger charge is -2.04. The Morgan fingerprint density at radius 3 is 2.89 bits per heavy atom. The maximum Gasteiger partial charge on any atom is 0.242 e. The molecular weight excluding hydrogens is 236 g/mol. The minimum atomic E-state index is -0.189. The average Bonchev–Trinajstić information content (AvgIpc) is 2.93. The summed E-state index contributed by atoms with van der Waals surface area (Å²) in [6.45, 7) is 3.96. The van der Waals surface area contributed by atoms with Gasteiger partial charge in [0.05, 0.1) is 23.6 Å². The SMILES string of the molecule is Cc1nn(CC(=O)NCc2ncon2)c(C)c1N. The van der Waals surface area contributed by atoms with Gasteiger partial charge in [-0.25, -0.2) is 0 Å². The van der Waals surface area contributed by atoms with Crippen LogP contribution >= 0.6 is 0 Å². The van der Waals surface area contributed by atoms with Crippen LogP contribution in [0.2, 0.25) is 0 Å². The molecule has 0 fully saturated rings. The van der Waals surface area contributed by atoms with Crippen molar-refractivity contribution in [1.29, 1.82) is 0 Å². The molecule has 0 aromatic carbocycles. The third-order valence-electron chi connectivity index (χ3n) is 2.58. The Labute approximate surface area is 103 Å². The maximum absolute atomic E-state index is 11.7. The molecule has 8 nitrogen and oxygen atoms in total. The second kappa shape index (κ2) is 4.86. The minimum absolute atomic E-state index is 0.113. The zero-order valence-corrected chi connectivity index (χ0v) is 10.2. The lowest BCUT2D eigenvalue weighted by molar-refractivity contribution is -0.122. The van der Waals surface area contributed by atoms with Gasteiger partial charge in [0.2, 0.25) is 12.3 Å². The number of nitrogens with zero attached hydrogens (tertiary/aromatic N) is 4. The van der Waals surface area contributed by atoms with Gasteiger partial charge in [0.15, 0.2) is 5.82 Å². The third-order valence-corrected chi connectivity index (χ3v) is 2.58. The van der Waals surface area contributed by atoms with Crippen LogP contribution in [0.5, 0.6) is 0 Å². The van der Waals surface area contributed by atoms with E-state index in [1.54, 1.807) is 11.6 Å². The van der Waals surface area contributed by atoms with E-state index in [4.69, 9.17) is 5.73 Å². The van der Waals surface area contributed by atoms with E-state index in [0.29, 0.717) is 11.5 Å². The van der Waals surface area contributed by atoms with E-state index in [2.05, 4.69) is 25.1 Å².